The lowest BCUT2D eigenvalue weighted by Crippen LogP contribution is -2.35. The molecule has 2 aliphatic carbocycles. The number of aliphatic hydroxyl groups excluding tert-OH is 1. The number of hydrogen-bond acceptors (Lipinski definition) is 3. The molecule has 3 atom stereocenters. The normalized spacial score (nSPS) is 34.6. The van der Waals surface area contributed by atoms with Crippen molar-refractivity contribution in [3.8, 4) is 0 Å². The predicted molar refractivity (Wildman–Crippen MR) is 72.8 cm³/mol. The number of aliphatic hydroxyl groups is 1. The number of carboxylic acid groups (broad SMARTS) is 1. The molecule has 0 aromatic carbocycles. The maximum atomic E-state index is 10.1. The van der Waals surface area contributed by atoms with E-state index in [2.05, 4.69) is 20.8 Å². The molecule has 2 rings (SSSR count). The maximum Gasteiger partial charge on any atom is 0.303 e. The summed E-state index contributed by atoms with van der Waals surface area (Å²) in [6.45, 7) is 8.27. The molecule has 2 N–H and O–H groups in total. The lowest BCUT2D eigenvalue weighted by molar-refractivity contribution is -0.138. The van der Waals surface area contributed by atoms with E-state index in [9.17, 15) is 14.7 Å². The number of fused-ring (bicyclic) bond motifs is 2. The first-order valence-corrected chi connectivity index (χ1v) is 7.00. The number of ketones is 1. The molecule has 4 heteroatoms. The van der Waals surface area contributed by atoms with Crippen LogP contribution in [0, 0.1) is 16.7 Å². The van der Waals surface area contributed by atoms with E-state index in [0.29, 0.717) is 5.41 Å². The Bertz CT molecular complexity index is 347. The summed E-state index contributed by atoms with van der Waals surface area (Å²) < 4.78 is 0. The molecule has 0 amide bonds. The molecule has 2 aliphatic rings. The number of carbonyl (C=O) groups is 2. The van der Waals surface area contributed by atoms with Crippen molar-refractivity contribution in [1.29, 1.82) is 0 Å². The highest BCUT2D eigenvalue weighted by Gasteiger charge is 2.60. The molecule has 0 radical (unpaired) electrons. The molecule has 0 spiro atoms. The van der Waals surface area contributed by atoms with Gasteiger partial charge in [0.05, 0.1) is 12.5 Å². The second-order valence-corrected chi connectivity index (χ2v) is 6.72. The van der Waals surface area contributed by atoms with Gasteiger partial charge >= 0.3 is 5.97 Å². The van der Waals surface area contributed by atoms with Crippen LogP contribution in [0.3, 0.4) is 0 Å². The fourth-order valence-electron chi connectivity index (χ4n) is 3.44. The molecule has 0 aromatic heterocycles. The third kappa shape index (κ3) is 3.16. The van der Waals surface area contributed by atoms with E-state index in [1.165, 1.54) is 19.8 Å². The molecular formula is C15H26O4. The fraction of sp³-hybridized carbons (Fsp3) is 0.867. The third-order valence-electron chi connectivity index (χ3n) is 5.44. The van der Waals surface area contributed by atoms with Crippen LogP contribution in [0.15, 0.2) is 0 Å². The van der Waals surface area contributed by atoms with Gasteiger partial charge in [0.15, 0.2) is 0 Å². The maximum absolute atomic E-state index is 10.1. The predicted octanol–water partition coefficient (Wildman–Crippen LogP) is 2.63. The summed E-state index contributed by atoms with van der Waals surface area (Å²) in [5, 5.41) is 17.8. The van der Waals surface area contributed by atoms with Crippen LogP contribution in [0.25, 0.3) is 0 Å². The molecule has 0 saturated heterocycles. The van der Waals surface area contributed by atoms with Crippen molar-refractivity contribution in [2.75, 3.05) is 0 Å². The van der Waals surface area contributed by atoms with E-state index in [4.69, 9.17) is 5.11 Å². The Hall–Kier alpha value is -0.900. The van der Waals surface area contributed by atoms with Crippen LogP contribution in [0.1, 0.15) is 59.8 Å². The summed E-state index contributed by atoms with van der Waals surface area (Å²) in [6, 6.07) is 0. The Morgan fingerprint density at radius 1 is 1.21 bits per heavy atom. The van der Waals surface area contributed by atoms with Crippen LogP contribution in [-0.2, 0) is 9.59 Å². The molecule has 2 fully saturated rings. The monoisotopic (exact) mass is 270 g/mol. The number of hydrogen-bond donors (Lipinski definition) is 2. The average Bonchev–Trinajstić information content (AvgIpc) is 2.60. The zero-order valence-corrected chi connectivity index (χ0v) is 12.4. The SMILES string of the molecule is CC(=O)CCC(=O)O.CC1(C)C2CCC1(C)C(O)C2. The molecule has 0 aliphatic heterocycles. The van der Waals surface area contributed by atoms with Gasteiger partial charge in [0, 0.05) is 6.42 Å². The Labute approximate surface area is 115 Å². The molecule has 0 heterocycles. The minimum atomic E-state index is -0.916. The Morgan fingerprint density at radius 3 is 1.95 bits per heavy atom. The van der Waals surface area contributed by atoms with Gasteiger partial charge in [-0.05, 0) is 42.9 Å². The highest BCUT2D eigenvalue weighted by atomic mass is 16.4. The van der Waals surface area contributed by atoms with Gasteiger partial charge in [0.2, 0.25) is 0 Å². The summed E-state index contributed by atoms with van der Waals surface area (Å²) in [5.74, 6) is -0.213. The second-order valence-electron chi connectivity index (χ2n) is 6.72. The van der Waals surface area contributed by atoms with E-state index in [0.717, 1.165) is 12.3 Å². The molecular weight excluding hydrogens is 244 g/mol. The van der Waals surface area contributed by atoms with Gasteiger partial charge in [-0.1, -0.05) is 20.8 Å². The average molecular weight is 270 g/mol. The Kier molecular flexibility index (Phi) is 4.77. The van der Waals surface area contributed by atoms with Gasteiger partial charge in [0.1, 0.15) is 5.78 Å². The lowest BCUT2D eigenvalue weighted by Gasteiger charge is -2.36. The topological polar surface area (TPSA) is 74.6 Å². The summed E-state index contributed by atoms with van der Waals surface area (Å²) in [6.07, 6.45) is 3.68. The first-order valence-electron chi connectivity index (χ1n) is 7.00. The zero-order chi connectivity index (χ0) is 14.8. The van der Waals surface area contributed by atoms with Crippen molar-refractivity contribution >= 4 is 11.8 Å². The number of aliphatic carboxylic acids is 1. The van der Waals surface area contributed by atoms with Gasteiger partial charge in [-0.2, -0.15) is 0 Å². The number of carboxylic acids is 1. The summed E-state index contributed by atoms with van der Waals surface area (Å²) in [5.41, 5.74) is 0.601. The smallest absolute Gasteiger partial charge is 0.303 e. The van der Waals surface area contributed by atoms with Crippen molar-refractivity contribution < 1.29 is 19.8 Å². The van der Waals surface area contributed by atoms with Crippen molar-refractivity contribution in [3.63, 3.8) is 0 Å². The highest BCUT2D eigenvalue weighted by molar-refractivity contribution is 5.80. The molecule has 110 valence electrons. The largest absolute Gasteiger partial charge is 0.481 e. The molecule has 2 bridgehead atoms. The van der Waals surface area contributed by atoms with Crippen LogP contribution in [0.4, 0.5) is 0 Å². The van der Waals surface area contributed by atoms with E-state index in [1.54, 1.807) is 0 Å². The van der Waals surface area contributed by atoms with E-state index in [1.807, 2.05) is 0 Å². The first-order chi connectivity index (χ1) is 8.61. The molecule has 4 nitrogen and oxygen atoms in total. The van der Waals surface area contributed by atoms with Gasteiger partial charge < -0.3 is 15.0 Å². The quantitative estimate of drug-likeness (QED) is 0.826. The number of Topliss-reactive ketones (excluding diaryl/α,β-unsaturated/α-hetero) is 1. The van der Waals surface area contributed by atoms with Crippen LogP contribution >= 0.6 is 0 Å². The van der Waals surface area contributed by atoms with Crippen LogP contribution in [0.2, 0.25) is 0 Å². The minimum Gasteiger partial charge on any atom is -0.481 e. The third-order valence-corrected chi connectivity index (χ3v) is 5.44. The van der Waals surface area contributed by atoms with Crippen LogP contribution in [-0.4, -0.2) is 28.1 Å². The van der Waals surface area contributed by atoms with Crippen molar-refractivity contribution in [1.82, 2.24) is 0 Å². The van der Waals surface area contributed by atoms with Gasteiger partial charge in [0.25, 0.3) is 0 Å². The summed E-state index contributed by atoms with van der Waals surface area (Å²) >= 11 is 0. The van der Waals surface area contributed by atoms with Crippen LogP contribution in [0.5, 0.6) is 0 Å². The summed E-state index contributed by atoms with van der Waals surface area (Å²) in [4.78, 5) is 19.8. The van der Waals surface area contributed by atoms with Crippen molar-refractivity contribution in [2.45, 2.75) is 65.9 Å². The molecule has 2 saturated carbocycles. The minimum absolute atomic E-state index is 0.0313. The van der Waals surface area contributed by atoms with Crippen molar-refractivity contribution in [3.05, 3.63) is 0 Å². The Morgan fingerprint density at radius 2 is 1.79 bits per heavy atom. The number of carbonyl (C=O) groups excluding carboxylic acids is 1. The zero-order valence-electron chi connectivity index (χ0n) is 12.4. The fourth-order valence-corrected chi connectivity index (χ4v) is 3.44. The van der Waals surface area contributed by atoms with E-state index < -0.39 is 5.97 Å². The van der Waals surface area contributed by atoms with Crippen LogP contribution < -0.4 is 0 Å². The van der Waals surface area contributed by atoms with Gasteiger partial charge in [-0.15, -0.1) is 0 Å². The first kappa shape index (κ1) is 16.2. The summed E-state index contributed by atoms with van der Waals surface area (Å²) in [7, 11) is 0. The van der Waals surface area contributed by atoms with Gasteiger partial charge in [-0.25, -0.2) is 0 Å². The molecule has 19 heavy (non-hydrogen) atoms. The highest BCUT2D eigenvalue weighted by Crippen LogP contribution is 2.65. The molecule has 0 aromatic rings. The lowest BCUT2D eigenvalue weighted by atomic mass is 9.70. The van der Waals surface area contributed by atoms with Crippen molar-refractivity contribution in [2.24, 2.45) is 16.7 Å². The molecule has 3 unspecified atom stereocenters. The standard InChI is InChI=1S/C10H18O.C5H8O3/c1-9(2)7-4-5-10(9,3)8(11)6-7;1-4(6)2-3-5(7)8/h7-8,11H,4-6H2,1-3H3;2-3H2,1H3,(H,7,8). The second kappa shape index (κ2) is 5.61. The van der Waals surface area contributed by atoms with E-state index >= 15 is 0 Å². The Balaban J connectivity index is 0.000000203. The number of rotatable bonds is 3. The van der Waals surface area contributed by atoms with Gasteiger partial charge in [-0.3, -0.25) is 4.79 Å². The van der Waals surface area contributed by atoms with E-state index in [-0.39, 0.29) is 30.1 Å².